The van der Waals surface area contributed by atoms with E-state index in [1.165, 1.54) is 0 Å². The summed E-state index contributed by atoms with van der Waals surface area (Å²) >= 11 is 0. The molecule has 0 amide bonds. The molecule has 0 bridgehead atoms. The van der Waals surface area contributed by atoms with Crippen molar-refractivity contribution in [1.82, 2.24) is 5.32 Å². The molecule has 0 unspecified atom stereocenters. The lowest BCUT2D eigenvalue weighted by atomic mass is 9.75. The van der Waals surface area contributed by atoms with Gasteiger partial charge >= 0.3 is 0 Å². The largest absolute Gasteiger partial charge is 0.508 e. The summed E-state index contributed by atoms with van der Waals surface area (Å²) in [5.74, 6) is 0.384. The number of carbonyl (C=O) groups excluding carboxylic acids is 1. The van der Waals surface area contributed by atoms with Crippen LogP contribution in [0.1, 0.15) is 31.2 Å². The summed E-state index contributed by atoms with van der Waals surface area (Å²) in [6, 6.07) is 7.09. The van der Waals surface area contributed by atoms with Crippen molar-refractivity contribution in [3.63, 3.8) is 0 Å². The van der Waals surface area contributed by atoms with Crippen LogP contribution in [0.25, 0.3) is 0 Å². The lowest BCUT2D eigenvalue weighted by Crippen LogP contribution is -2.49. The van der Waals surface area contributed by atoms with E-state index >= 15 is 0 Å². The van der Waals surface area contributed by atoms with Crippen LogP contribution in [0, 0.1) is 0 Å². The number of aromatic hydroxyl groups is 1. The van der Waals surface area contributed by atoms with Crippen LogP contribution in [0.2, 0.25) is 0 Å². The zero-order valence-electron chi connectivity index (χ0n) is 9.49. The van der Waals surface area contributed by atoms with Gasteiger partial charge in [-0.15, -0.1) is 0 Å². The maximum Gasteiger partial charge on any atom is 0.157 e. The van der Waals surface area contributed by atoms with Crippen LogP contribution in [0.5, 0.6) is 5.75 Å². The maximum absolute atomic E-state index is 12.1. The quantitative estimate of drug-likeness (QED) is 0.799. The highest BCUT2D eigenvalue weighted by molar-refractivity contribution is 5.91. The second-order valence-electron chi connectivity index (χ2n) is 4.30. The second-order valence-corrected chi connectivity index (χ2v) is 4.30. The summed E-state index contributed by atoms with van der Waals surface area (Å²) in [4.78, 5) is 12.1. The molecule has 1 aromatic rings. The number of phenolic OH excluding ortho intramolecular Hbond substituents is 1. The zero-order chi connectivity index (χ0) is 11.6. The normalized spacial score (nSPS) is 25.7. The Morgan fingerprint density at radius 1 is 1.31 bits per heavy atom. The number of phenols is 1. The molecule has 0 heterocycles. The summed E-state index contributed by atoms with van der Waals surface area (Å²) in [5, 5.41) is 13.0. The molecule has 0 aliphatic heterocycles. The van der Waals surface area contributed by atoms with Gasteiger partial charge in [0.15, 0.2) is 5.78 Å². The number of para-hydroxylation sites is 1. The maximum atomic E-state index is 12.1. The number of nitrogens with one attached hydrogen (secondary N) is 1. The van der Waals surface area contributed by atoms with E-state index in [1.54, 1.807) is 19.2 Å². The average Bonchev–Trinajstić information content (AvgIpc) is 2.31. The molecule has 1 aliphatic carbocycles. The van der Waals surface area contributed by atoms with Crippen molar-refractivity contribution in [3.8, 4) is 5.75 Å². The minimum Gasteiger partial charge on any atom is -0.508 e. The smallest absolute Gasteiger partial charge is 0.157 e. The van der Waals surface area contributed by atoms with E-state index < -0.39 is 5.54 Å². The molecule has 0 spiro atoms. The topological polar surface area (TPSA) is 49.3 Å². The molecule has 3 heteroatoms. The molecule has 3 nitrogen and oxygen atoms in total. The Balaban J connectivity index is 2.48. The van der Waals surface area contributed by atoms with Crippen LogP contribution in [-0.2, 0) is 10.3 Å². The predicted molar refractivity (Wildman–Crippen MR) is 62.3 cm³/mol. The molecular weight excluding hydrogens is 202 g/mol. The van der Waals surface area contributed by atoms with Gasteiger partial charge in [0.1, 0.15) is 11.3 Å². The van der Waals surface area contributed by atoms with Crippen LogP contribution in [0.15, 0.2) is 24.3 Å². The number of ketones is 1. The Kier molecular flexibility index (Phi) is 2.97. The van der Waals surface area contributed by atoms with Crippen molar-refractivity contribution >= 4 is 5.78 Å². The Bertz CT molecular complexity index is 403. The summed E-state index contributed by atoms with van der Waals surface area (Å²) < 4.78 is 0. The van der Waals surface area contributed by atoms with Gasteiger partial charge < -0.3 is 10.4 Å². The predicted octanol–water partition coefficient (Wildman–Crippen LogP) is 1.95. The third-order valence-corrected chi connectivity index (χ3v) is 3.47. The van der Waals surface area contributed by atoms with Crippen LogP contribution < -0.4 is 5.32 Å². The first kappa shape index (κ1) is 11.1. The van der Waals surface area contributed by atoms with Crippen molar-refractivity contribution < 1.29 is 9.90 Å². The molecule has 1 aliphatic rings. The van der Waals surface area contributed by atoms with Gasteiger partial charge in [0, 0.05) is 12.0 Å². The van der Waals surface area contributed by atoms with Gasteiger partial charge in [-0.05, 0) is 26.0 Å². The number of hydrogen-bond acceptors (Lipinski definition) is 3. The van der Waals surface area contributed by atoms with Crippen LogP contribution in [0.3, 0.4) is 0 Å². The Labute approximate surface area is 95.5 Å². The van der Waals surface area contributed by atoms with E-state index in [0.29, 0.717) is 12.0 Å². The van der Waals surface area contributed by atoms with Crippen LogP contribution >= 0.6 is 0 Å². The van der Waals surface area contributed by atoms with E-state index in [2.05, 4.69) is 5.32 Å². The van der Waals surface area contributed by atoms with Gasteiger partial charge in [0.05, 0.1) is 0 Å². The molecule has 2 rings (SSSR count). The van der Waals surface area contributed by atoms with Crippen LogP contribution in [0.4, 0.5) is 0 Å². The monoisotopic (exact) mass is 219 g/mol. The standard InChI is InChI=1S/C13H17NO2/c1-14-13(9-5-4-8-12(13)16)10-6-2-3-7-11(10)15/h2-3,6-7,14-15H,4-5,8-9H2,1H3/t13-/m1/s1. The summed E-state index contributed by atoms with van der Waals surface area (Å²) in [5.41, 5.74) is 0.0334. The number of hydrogen-bond donors (Lipinski definition) is 2. The minimum absolute atomic E-state index is 0.183. The Morgan fingerprint density at radius 2 is 2.06 bits per heavy atom. The lowest BCUT2D eigenvalue weighted by molar-refractivity contribution is -0.127. The average molecular weight is 219 g/mol. The highest BCUT2D eigenvalue weighted by atomic mass is 16.3. The van der Waals surface area contributed by atoms with E-state index in [1.807, 2.05) is 12.1 Å². The van der Waals surface area contributed by atoms with Crippen molar-refractivity contribution in [2.45, 2.75) is 31.2 Å². The van der Waals surface area contributed by atoms with E-state index in [0.717, 1.165) is 19.3 Å². The van der Waals surface area contributed by atoms with E-state index in [-0.39, 0.29) is 11.5 Å². The fraction of sp³-hybridized carbons (Fsp3) is 0.462. The summed E-state index contributed by atoms with van der Waals surface area (Å²) in [6.07, 6.45) is 3.33. The Morgan fingerprint density at radius 3 is 2.69 bits per heavy atom. The molecular formula is C13H17NO2. The fourth-order valence-electron chi connectivity index (χ4n) is 2.55. The first-order valence-corrected chi connectivity index (χ1v) is 5.71. The summed E-state index contributed by atoms with van der Waals surface area (Å²) in [6.45, 7) is 0. The van der Waals surface area contributed by atoms with Gasteiger partial charge in [-0.1, -0.05) is 24.6 Å². The fourth-order valence-corrected chi connectivity index (χ4v) is 2.55. The molecule has 1 atom stereocenters. The number of rotatable bonds is 2. The number of benzene rings is 1. The van der Waals surface area contributed by atoms with Crippen molar-refractivity contribution in [3.05, 3.63) is 29.8 Å². The first-order valence-electron chi connectivity index (χ1n) is 5.71. The highest BCUT2D eigenvalue weighted by Gasteiger charge is 2.41. The van der Waals surface area contributed by atoms with Gasteiger partial charge in [0.2, 0.25) is 0 Å². The first-order chi connectivity index (χ1) is 7.70. The van der Waals surface area contributed by atoms with Crippen molar-refractivity contribution in [2.75, 3.05) is 7.05 Å². The molecule has 1 aromatic carbocycles. The molecule has 0 saturated heterocycles. The molecule has 2 N–H and O–H groups in total. The van der Waals surface area contributed by atoms with Gasteiger partial charge in [-0.25, -0.2) is 0 Å². The number of likely N-dealkylation sites (N-methyl/N-ethyl adjacent to an activating group) is 1. The second kappa shape index (κ2) is 4.26. The Hall–Kier alpha value is -1.35. The third-order valence-electron chi connectivity index (χ3n) is 3.47. The lowest BCUT2D eigenvalue weighted by Gasteiger charge is -2.36. The van der Waals surface area contributed by atoms with E-state index in [9.17, 15) is 9.90 Å². The molecule has 0 aromatic heterocycles. The summed E-state index contributed by atoms with van der Waals surface area (Å²) in [7, 11) is 1.79. The number of Topliss-reactive ketones (excluding diaryl/α,β-unsaturated/α-hetero) is 1. The molecule has 1 fully saturated rings. The molecule has 1 saturated carbocycles. The number of carbonyl (C=O) groups is 1. The molecule has 16 heavy (non-hydrogen) atoms. The SMILES string of the molecule is CN[C@@]1(c2ccccc2O)CCCCC1=O. The van der Waals surface area contributed by atoms with Crippen molar-refractivity contribution in [2.24, 2.45) is 0 Å². The van der Waals surface area contributed by atoms with Crippen molar-refractivity contribution in [1.29, 1.82) is 0 Å². The van der Waals surface area contributed by atoms with Gasteiger partial charge in [0.25, 0.3) is 0 Å². The van der Waals surface area contributed by atoms with E-state index in [4.69, 9.17) is 0 Å². The molecule has 86 valence electrons. The zero-order valence-corrected chi connectivity index (χ0v) is 9.49. The van der Waals surface area contributed by atoms with Gasteiger partial charge in [-0.3, -0.25) is 4.79 Å². The highest BCUT2D eigenvalue weighted by Crippen LogP contribution is 2.38. The third kappa shape index (κ3) is 1.61. The van der Waals surface area contributed by atoms with Crippen LogP contribution in [-0.4, -0.2) is 17.9 Å². The van der Waals surface area contributed by atoms with Gasteiger partial charge in [-0.2, -0.15) is 0 Å². The molecule has 0 radical (unpaired) electrons. The minimum atomic E-state index is -0.677.